The summed E-state index contributed by atoms with van der Waals surface area (Å²) in [6.45, 7) is 0. The molecule has 0 amide bonds. The van der Waals surface area contributed by atoms with Gasteiger partial charge in [0.25, 0.3) is 0 Å². The maximum atomic E-state index is 10.6. The standard InChI is InChI=1S/C10H16N2O8.Mn.2H3N/c11-9(1-5(13)14,2-6(15)16)10(12,3-7(17)18)4-8(19)20;;;/h1-4,11-12H2,(H,13,14)(H,15,16)(H,17,18)(H,19,20);;2*1H3/q;+2;;/p-2. The molecule has 0 aromatic carbocycles. The first-order valence-electron chi connectivity index (χ1n) is 5.29. The van der Waals surface area contributed by atoms with Gasteiger partial charge in [-0.2, -0.15) is 0 Å². The molecule has 0 aliphatic carbocycles. The number of aliphatic carboxylic acids is 4. The second kappa shape index (κ2) is 10.9. The van der Waals surface area contributed by atoms with E-state index in [-0.39, 0.29) is 29.4 Å². The minimum atomic E-state index is -2.43. The van der Waals surface area contributed by atoms with Crippen LogP contribution < -0.4 is 44.2 Å². The van der Waals surface area contributed by atoms with E-state index in [0.717, 1.165) is 0 Å². The van der Waals surface area contributed by atoms with Gasteiger partial charge in [-0.15, -0.1) is 0 Å². The van der Waals surface area contributed by atoms with E-state index in [1.165, 1.54) is 0 Å². The fraction of sp³-hybridized carbons (Fsp3) is 0.600. The molecule has 1 radical (unpaired) electrons. The fourth-order valence-electron chi connectivity index (χ4n) is 1.86. The van der Waals surface area contributed by atoms with Crippen molar-refractivity contribution in [2.24, 2.45) is 11.5 Å². The average molecular weight is 379 g/mol. The molecule has 12 N–H and O–H groups in total. The van der Waals surface area contributed by atoms with Gasteiger partial charge in [-0.05, 0) is 0 Å². The normalized spacial score (nSPS) is 10.3. The van der Waals surface area contributed by atoms with E-state index in [0.29, 0.717) is 0 Å². The van der Waals surface area contributed by atoms with Crippen molar-refractivity contribution in [1.29, 1.82) is 0 Å². The molecule has 0 unspecified atom stereocenters. The van der Waals surface area contributed by atoms with Gasteiger partial charge in [0.1, 0.15) is 0 Å². The molecular weight excluding hydrogens is 359 g/mol. The molecule has 13 heteroatoms. The third-order valence-corrected chi connectivity index (χ3v) is 2.83. The predicted octanol–water partition coefficient (Wildman–Crippen LogP) is -6.31. The van der Waals surface area contributed by atoms with Crippen LogP contribution in [0.5, 0.6) is 0 Å². The Morgan fingerprint density at radius 2 is 0.739 bits per heavy atom. The zero-order valence-corrected chi connectivity index (χ0v) is 13.8. The topological polar surface area (TPSA) is 286 Å². The van der Waals surface area contributed by atoms with Crippen LogP contribution >= 0.6 is 0 Å². The third kappa shape index (κ3) is 9.07. The van der Waals surface area contributed by atoms with Gasteiger partial charge in [-0.1, -0.05) is 0 Å². The van der Waals surface area contributed by atoms with Gasteiger partial charge >= 0.3 is 17.1 Å². The summed E-state index contributed by atoms with van der Waals surface area (Å²) in [5.41, 5.74) is 6.20. The first-order valence-corrected chi connectivity index (χ1v) is 5.29. The van der Waals surface area contributed by atoms with Crippen molar-refractivity contribution in [1.82, 2.24) is 12.3 Å². The summed E-state index contributed by atoms with van der Waals surface area (Å²) < 4.78 is 0. The van der Waals surface area contributed by atoms with Crippen LogP contribution in [0.3, 0.4) is 0 Å². The number of carboxylic acids is 4. The predicted molar refractivity (Wildman–Crippen MR) is 64.3 cm³/mol. The van der Waals surface area contributed by atoms with Gasteiger partial charge in [0, 0.05) is 60.6 Å². The molecule has 0 saturated heterocycles. The summed E-state index contributed by atoms with van der Waals surface area (Å²) in [5, 5.41) is 42.5. The van der Waals surface area contributed by atoms with Gasteiger partial charge in [0.15, 0.2) is 0 Å². The van der Waals surface area contributed by atoms with Gasteiger partial charge in [-0.25, -0.2) is 0 Å². The number of carbonyl (C=O) groups is 4. The zero-order valence-electron chi connectivity index (χ0n) is 12.6. The van der Waals surface area contributed by atoms with E-state index in [9.17, 15) is 39.6 Å². The molecule has 0 saturated carbocycles. The van der Waals surface area contributed by atoms with Crippen molar-refractivity contribution < 1.29 is 56.7 Å². The average Bonchev–Trinajstić information content (AvgIpc) is 2.10. The fourth-order valence-corrected chi connectivity index (χ4v) is 1.86. The summed E-state index contributed by atoms with van der Waals surface area (Å²) in [5.74, 6) is -7.33. The molecule has 135 valence electrons. The van der Waals surface area contributed by atoms with E-state index in [1.54, 1.807) is 0 Å². The molecule has 0 fully saturated rings. The second-order valence-corrected chi connectivity index (χ2v) is 4.51. The molecule has 0 aliphatic rings. The molecule has 0 aliphatic heterocycles. The van der Waals surface area contributed by atoms with E-state index in [2.05, 4.69) is 0 Å². The Hall–Kier alpha value is -1.76. The number of carboxylic acid groups (broad SMARTS) is 4. The Kier molecular flexibility index (Phi) is 13.8. The van der Waals surface area contributed by atoms with E-state index in [4.69, 9.17) is 11.5 Å². The van der Waals surface area contributed by atoms with Crippen LogP contribution in [0.15, 0.2) is 0 Å². The van der Waals surface area contributed by atoms with Gasteiger partial charge < -0.3 is 63.4 Å². The Bertz CT molecular complexity index is 373. The van der Waals surface area contributed by atoms with Gasteiger partial charge in [0.05, 0.1) is 0 Å². The molecule has 23 heavy (non-hydrogen) atoms. The molecule has 0 bridgehead atoms. The Morgan fingerprint density at radius 1 is 0.609 bits per heavy atom. The number of quaternary nitrogens is 2. The summed E-state index contributed by atoms with van der Waals surface area (Å²) >= 11 is 0. The number of nitrogens with two attached hydrogens (primary N) is 2. The van der Waals surface area contributed by atoms with Crippen molar-refractivity contribution in [3.8, 4) is 0 Å². The maximum Gasteiger partial charge on any atom is 2.00 e. The van der Waals surface area contributed by atoms with Crippen LogP contribution in [-0.2, 0) is 36.2 Å². The monoisotopic (exact) mass is 379 g/mol. The molecule has 0 heterocycles. The number of hydrogen-bond donors (Lipinski definition) is 4. The summed E-state index contributed by atoms with van der Waals surface area (Å²) in [7, 11) is 0. The van der Waals surface area contributed by atoms with Gasteiger partial charge in [0.2, 0.25) is 0 Å². The van der Waals surface area contributed by atoms with Crippen LogP contribution in [-0.4, -0.2) is 35.0 Å². The van der Waals surface area contributed by atoms with Crippen molar-refractivity contribution in [3.05, 3.63) is 0 Å². The molecular formula is C10H20MnN4O8. The van der Waals surface area contributed by atoms with Crippen LogP contribution in [0.4, 0.5) is 0 Å². The SMILES string of the molecule is NC(CC(=O)[O-])(CC(=O)[O-])C(N)(CC(=O)[O-])CC(=O)[O-].[Mn+2].[NH4+].[NH4+]. The van der Waals surface area contributed by atoms with Gasteiger partial charge in [-0.3, -0.25) is 0 Å². The summed E-state index contributed by atoms with van der Waals surface area (Å²) in [4.78, 5) is 42.5. The minimum absolute atomic E-state index is 0. The molecule has 0 spiro atoms. The second-order valence-electron chi connectivity index (χ2n) is 4.51. The largest absolute Gasteiger partial charge is 2.00 e. The zero-order chi connectivity index (χ0) is 16.1. The Labute approximate surface area is 141 Å². The van der Waals surface area contributed by atoms with Crippen molar-refractivity contribution >= 4 is 23.9 Å². The van der Waals surface area contributed by atoms with Crippen LogP contribution in [0, 0.1) is 0 Å². The minimum Gasteiger partial charge on any atom is -0.550 e. The molecule has 0 rings (SSSR count). The van der Waals surface area contributed by atoms with Crippen molar-refractivity contribution in [2.45, 2.75) is 36.8 Å². The van der Waals surface area contributed by atoms with Crippen LogP contribution in [0.2, 0.25) is 0 Å². The summed E-state index contributed by atoms with van der Waals surface area (Å²) in [6.07, 6.45) is -4.73. The smallest absolute Gasteiger partial charge is 0.550 e. The van der Waals surface area contributed by atoms with Crippen molar-refractivity contribution in [2.75, 3.05) is 0 Å². The molecule has 0 aromatic heterocycles. The Morgan fingerprint density at radius 3 is 0.826 bits per heavy atom. The number of hydrogen-bond acceptors (Lipinski definition) is 10. The quantitative estimate of drug-likeness (QED) is 0.274. The van der Waals surface area contributed by atoms with E-state index in [1.807, 2.05) is 0 Å². The van der Waals surface area contributed by atoms with E-state index >= 15 is 0 Å². The number of rotatable bonds is 9. The first kappa shape index (κ1) is 29.3. The molecule has 0 aromatic rings. The summed E-state index contributed by atoms with van der Waals surface area (Å²) in [6, 6.07) is 0. The molecule has 0 atom stereocenters. The maximum absolute atomic E-state index is 10.6. The molecule has 12 nitrogen and oxygen atoms in total. The Balaban J connectivity index is -0.000000602. The third-order valence-electron chi connectivity index (χ3n) is 2.83. The van der Waals surface area contributed by atoms with Crippen LogP contribution in [0.25, 0.3) is 0 Å². The van der Waals surface area contributed by atoms with Crippen LogP contribution in [0.1, 0.15) is 25.7 Å². The van der Waals surface area contributed by atoms with Crippen molar-refractivity contribution in [3.63, 3.8) is 0 Å². The van der Waals surface area contributed by atoms with E-state index < -0.39 is 60.6 Å². The first-order chi connectivity index (χ1) is 8.92. The number of carbonyl (C=O) groups excluding carboxylic acids is 4.